The van der Waals surface area contributed by atoms with E-state index in [4.69, 9.17) is 5.73 Å². The van der Waals surface area contributed by atoms with E-state index in [0.29, 0.717) is 12.1 Å². The molecule has 0 spiro atoms. The number of hydrogen-bond donors (Lipinski definition) is 2. The SMILES string of the molecule is CN(C)c1cccc(NC2CCC(N)CC2)c1. The highest BCUT2D eigenvalue weighted by Gasteiger charge is 2.18. The number of benzene rings is 1. The molecule has 0 heterocycles. The maximum Gasteiger partial charge on any atom is 0.0381 e. The van der Waals surface area contributed by atoms with E-state index in [0.717, 1.165) is 12.8 Å². The minimum absolute atomic E-state index is 0.418. The second-order valence-corrected chi connectivity index (χ2v) is 5.20. The molecule has 1 aromatic rings. The molecule has 0 unspecified atom stereocenters. The summed E-state index contributed by atoms with van der Waals surface area (Å²) in [7, 11) is 4.14. The van der Waals surface area contributed by atoms with Crippen LogP contribution in [0.25, 0.3) is 0 Å². The van der Waals surface area contributed by atoms with Crippen LogP contribution in [0.3, 0.4) is 0 Å². The third-order valence-electron chi connectivity index (χ3n) is 3.51. The van der Waals surface area contributed by atoms with E-state index in [2.05, 4.69) is 48.6 Å². The zero-order valence-electron chi connectivity index (χ0n) is 10.8. The topological polar surface area (TPSA) is 41.3 Å². The normalized spacial score (nSPS) is 24.4. The van der Waals surface area contributed by atoms with Gasteiger partial charge in [0.25, 0.3) is 0 Å². The maximum atomic E-state index is 5.92. The molecule has 0 aliphatic heterocycles. The quantitative estimate of drug-likeness (QED) is 0.842. The lowest BCUT2D eigenvalue weighted by Gasteiger charge is -2.28. The van der Waals surface area contributed by atoms with Crippen molar-refractivity contribution in [3.05, 3.63) is 24.3 Å². The highest BCUT2D eigenvalue weighted by molar-refractivity contribution is 5.57. The van der Waals surface area contributed by atoms with Gasteiger partial charge >= 0.3 is 0 Å². The molecule has 3 nitrogen and oxygen atoms in total. The number of anilines is 2. The van der Waals surface area contributed by atoms with Crippen molar-refractivity contribution in [1.29, 1.82) is 0 Å². The van der Waals surface area contributed by atoms with E-state index in [1.165, 1.54) is 24.2 Å². The van der Waals surface area contributed by atoms with Crippen LogP contribution in [0, 0.1) is 0 Å². The van der Waals surface area contributed by atoms with E-state index in [1.54, 1.807) is 0 Å². The Labute approximate surface area is 104 Å². The zero-order chi connectivity index (χ0) is 12.3. The van der Waals surface area contributed by atoms with Crippen LogP contribution in [-0.4, -0.2) is 26.2 Å². The molecule has 0 bridgehead atoms. The van der Waals surface area contributed by atoms with Crippen LogP contribution in [0.4, 0.5) is 11.4 Å². The van der Waals surface area contributed by atoms with E-state index in [1.807, 2.05) is 0 Å². The Bertz CT molecular complexity index is 354. The standard InChI is InChI=1S/C14H23N3/c1-17(2)14-5-3-4-13(10-14)16-12-8-6-11(15)7-9-12/h3-5,10-12,16H,6-9,15H2,1-2H3. The molecule has 1 saturated carbocycles. The molecule has 1 aliphatic rings. The number of nitrogens with one attached hydrogen (secondary N) is 1. The molecule has 1 fully saturated rings. The summed E-state index contributed by atoms with van der Waals surface area (Å²) in [6.07, 6.45) is 4.66. The van der Waals surface area contributed by atoms with Crippen LogP contribution in [0.1, 0.15) is 25.7 Å². The Kier molecular flexibility index (Phi) is 3.89. The molecule has 3 heteroatoms. The lowest BCUT2D eigenvalue weighted by atomic mass is 9.91. The van der Waals surface area contributed by atoms with E-state index in [9.17, 15) is 0 Å². The number of hydrogen-bond acceptors (Lipinski definition) is 3. The molecule has 1 aromatic carbocycles. The van der Waals surface area contributed by atoms with E-state index < -0.39 is 0 Å². The van der Waals surface area contributed by atoms with Crippen molar-refractivity contribution in [2.75, 3.05) is 24.3 Å². The van der Waals surface area contributed by atoms with Crippen LogP contribution in [0.15, 0.2) is 24.3 Å². The molecular formula is C14H23N3. The average molecular weight is 233 g/mol. The van der Waals surface area contributed by atoms with Crippen molar-refractivity contribution in [3.63, 3.8) is 0 Å². The molecule has 0 aromatic heterocycles. The second-order valence-electron chi connectivity index (χ2n) is 5.20. The zero-order valence-corrected chi connectivity index (χ0v) is 10.8. The maximum absolute atomic E-state index is 5.92. The van der Waals surface area contributed by atoms with Gasteiger partial charge in [0, 0.05) is 37.6 Å². The molecule has 94 valence electrons. The molecule has 17 heavy (non-hydrogen) atoms. The van der Waals surface area contributed by atoms with Gasteiger partial charge in [0.15, 0.2) is 0 Å². The van der Waals surface area contributed by atoms with Gasteiger partial charge in [-0.3, -0.25) is 0 Å². The van der Waals surface area contributed by atoms with Crippen LogP contribution in [-0.2, 0) is 0 Å². The van der Waals surface area contributed by atoms with E-state index >= 15 is 0 Å². The van der Waals surface area contributed by atoms with E-state index in [-0.39, 0.29) is 0 Å². The Hall–Kier alpha value is -1.22. The highest BCUT2D eigenvalue weighted by Crippen LogP contribution is 2.23. The fraction of sp³-hybridized carbons (Fsp3) is 0.571. The first-order valence-corrected chi connectivity index (χ1v) is 6.44. The van der Waals surface area contributed by atoms with Crippen molar-refractivity contribution < 1.29 is 0 Å². The predicted molar refractivity (Wildman–Crippen MR) is 74.6 cm³/mol. The number of rotatable bonds is 3. The highest BCUT2D eigenvalue weighted by atomic mass is 15.1. The van der Waals surface area contributed by atoms with Gasteiger partial charge in [-0.15, -0.1) is 0 Å². The van der Waals surface area contributed by atoms with Gasteiger partial charge < -0.3 is 16.0 Å². The smallest absolute Gasteiger partial charge is 0.0381 e. The lowest BCUT2D eigenvalue weighted by molar-refractivity contribution is 0.411. The second kappa shape index (κ2) is 5.41. The van der Waals surface area contributed by atoms with Gasteiger partial charge in [0.1, 0.15) is 0 Å². The van der Waals surface area contributed by atoms with Crippen molar-refractivity contribution >= 4 is 11.4 Å². The first-order chi connectivity index (χ1) is 8.15. The molecule has 2 rings (SSSR count). The third-order valence-corrected chi connectivity index (χ3v) is 3.51. The summed E-state index contributed by atoms with van der Waals surface area (Å²) in [5, 5.41) is 3.61. The summed E-state index contributed by atoms with van der Waals surface area (Å²) < 4.78 is 0. The summed E-state index contributed by atoms with van der Waals surface area (Å²) in [5.74, 6) is 0. The Balaban J connectivity index is 1.96. The summed E-state index contributed by atoms with van der Waals surface area (Å²) in [4.78, 5) is 2.13. The predicted octanol–water partition coefficient (Wildman–Crippen LogP) is 2.43. The molecule has 1 aliphatic carbocycles. The van der Waals surface area contributed by atoms with Crippen molar-refractivity contribution in [2.24, 2.45) is 5.73 Å². The van der Waals surface area contributed by atoms with Crippen molar-refractivity contribution in [2.45, 2.75) is 37.8 Å². The first-order valence-electron chi connectivity index (χ1n) is 6.44. The summed E-state index contributed by atoms with van der Waals surface area (Å²) in [5.41, 5.74) is 8.38. The van der Waals surface area contributed by atoms with Crippen LogP contribution in [0.5, 0.6) is 0 Å². The van der Waals surface area contributed by atoms with Gasteiger partial charge in [0.05, 0.1) is 0 Å². The van der Waals surface area contributed by atoms with Crippen molar-refractivity contribution in [1.82, 2.24) is 0 Å². The molecule has 0 saturated heterocycles. The van der Waals surface area contributed by atoms with Gasteiger partial charge in [-0.05, 0) is 43.9 Å². The Morgan fingerprint density at radius 2 is 1.88 bits per heavy atom. The van der Waals surface area contributed by atoms with Crippen LogP contribution < -0.4 is 16.0 Å². The van der Waals surface area contributed by atoms with Crippen LogP contribution >= 0.6 is 0 Å². The molecule has 0 atom stereocenters. The minimum Gasteiger partial charge on any atom is -0.382 e. The van der Waals surface area contributed by atoms with Crippen LogP contribution in [0.2, 0.25) is 0 Å². The number of nitrogens with zero attached hydrogens (tertiary/aromatic N) is 1. The first kappa shape index (κ1) is 12.2. The molecule has 3 N–H and O–H groups in total. The Morgan fingerprint density at radius 3 is 2.53 bits per heavy atom. The number of nitrogens with two attached hydrogens (primary N) is 1. The minimum atomic E-state index is 0.418. The largest absolute Gasteiger partial charge is 0.382 e. The molecular weight excluding hydrogens is 210 g/mol. The lowest BCUT2D eigenvalue weighted by Crippen LogP contribution is -2.32. The summed E-state index contributed by atoms with van der Waals surface area (Å²) >= 11 is 0. The monoisotopic (exact) mass is 233 g/mol. The third kappa shape index (κ3) is 3.37. The fourth-order valence-corrected chi connectivity index (χ4v) is 2.37. The Morgan fingerprint density at radius 1 is 1.18 bits per heavy atom. The molecule has 0 radical (unpaired) electrons. The van der Waals surface area contributed by atoms with Crippen molar-refractivity contribution in [3.8, 4) is 0 Å². The summed E-state index contributed by atoms with van der Waals surface area (Å²) in [6, 6.07) is 9.58. The fourth-order valence-electron chi connectivity index (χ4n) is 2.37. The average Bonchev–Trinajstić information content (AvgIpc) is 2.32. The van der Waals surface area contributed by atoms with Gasteiger partial charge in [-0.25, -0.2) is 0 Å². The van der Waals surface area contributed by atoms with Gasteiger partial charge in [-0.2, -0.15) is 0 Å². The summed E-state index contributed by atoms with van der Waals surface area (Å²) in [6.45, 7) is 0. The molecule has 0 amide bonds. The van der Waals surface area contributed by atoms with Gasteiger partial charge in [0.2, 0.25) is 0 Å². The van der Waals surface area contributed by atoms with Gasteiger partial charge in [-0.1, -0.05) is 6.07 Å².